The van der Waals surface area contributed by atoms with E-state index in [9.17, 15) is 22.0 Å². The van der Waals surface area contributed by atoms with Crippen molar-refractivity contribution in [2.75, 3.05) is 33.9 Å². The zero-order chi connectivity index (χ0) is 12.8. The van der Waals surface area contributed by atoms with Crippen LogP contribution in [0.25, 0.3) is 0 Å². The zero-order valence-electron chi connectivity index (χ0n) is 8.90. The van der Waals surface area contributed by atoms with Crippen LogP contribution in [-0.2, 0) is 9.47 Å². The lowest BCUT2D eigenvalue weighted by Gasteiger charge is -2.23. The Hall–Kier alpha value is -0.470. The summed E-state index contributed by atoms with van der Waals surface area (Å²) in [4.78, 5) is 0. The first kappa shape index (κ1) is 15.5. The molecule has 0 aliphatic carbocycles. The molecule has 1 atom stereocenters. The van der Waals surface area contributed by atoms with Crippen LogP contribution in [0.5, 0.6) is 0 Å². The van der Waals surface area contributed by atoms with Gasteiger partial charge in [-0.15, -0.1) is 0 Å². The van der Waals surface area contributed by atoms with Crippen molar-refractivity contribution in [3.05, 3.63) is 0 Å². The topological polar surface area (TPSA) is 30.5 Å². The van der Waals surface area contributed by atoms with Gasteiger partial charge in [0.1, 0.15) is 6.61 Å². The van der Waals surface area contributed by atoms with Crippen LogP contribution in [0.1, 0.15) is 0 Å². The predicted molar refractivity (Wildman–Crippen MR) is 46.5 cm³/mol. The molecule has 8 heteroatoms. The summed E-state index contributed by atoms with van der Waals surface area (Å²) < 4.78 is 69.3. The van der Waals surface area contributed by atoms with E-state index in [1.54, 1.807) is 0 Å². The maximum absolute atomic E-state index is 12.5. The molecule has 0 aromatic rings. The molecule has 0 aliphatic rings. The molecule has 0 bridgehead atoms. The normalized spacial score (nSPS) is 15.2. The van der Waals surface area contributed by atoms with Crippen LogP contribution in [0, 0.1) is 0 Å². The third-order valence-corrected chi connectivity index (χ3v) is 1.70. The van der Waals surface area contributed by atoms with Crippen molar-refractivity contribution in [3.8, 4) is 0 Å². The molecule has 1 unspecified atom stereocenters. The lowest BCUT2D eigenvalue weighted by molar-refractivity contribution is -0.300. The lowest BCUT2D eigenvalue weighted by Crippen LogP contribution is -2.43. The molecular formula is C8H14F5NO2. The molecule has 0 heterocycles. The third kappa shape index (κ3) is 5.04. The Kier molecular flexibility index (Phi) is 6.13. The number of likely N-dealkylation sites (N-methyl/N-ethyl adjacent to an activating group) is 1. The van der Waals surface area contributed by atoms with Gasteiger partial charge in [-0.25, -0.2) is 0 Å². The fourth-order valence-electron chi connectivity index (χ4n) is 0.884. The minimum Gasteiger partial charge on any atom is -0.382 e. The molecule has 0 aliphatic heterocycles. The first-order valence-electron chi connectivity index (χ1n) is 4.44. The fraction of sp³-hybridized carbons (Fsp3) is 1.00. The number of halogens is 5. The summed E-state index contributed by atoms with van der Waals surface area (Å²) >= 11 is 0. The molecule has 0 amide bonds. The fourth-order valence-corrected chi connectivity index (χ4v) is 0.884. The average molecular weight is 251 g/mol. The molecule has 1 N–H and O–H groups in total. The Morgan fingerprint density at radius 1 is 1.19 bits per heavy atom. The molecule has 98 valence electrons. The Balaban J connectivity index is 4.18. The van der Waals surface area contributed by atoms with E-state index < -0.39 is 24.8 Å². The van der Waals surface area contributed by atoms with Crippen LogP contribution in [0.15, 0.2) is 0 Å². The van der Waals surface area contributed by atoms with Gasteiger partial charge in [-0.3, -0.25) is 0 Å². The van der Waals surface area contributed by atoms with Gasteiger partial charge < -0.3 is 14.8 Å². The highest BCUT2D eigenvalue weighted by Gasteiger charge is 2.57. The molecule has 3 nitrogen and oxygen atoms in total. The largest absolute Gasteiger partial charge is 0.455 e. The summed E-state index contributed by atoms with van der Waals surface area (Å²) in [5.41, 5.74) is 0. The van der Waals surface area contributed by atoms with E-state index in [2.05, 4.69) is 14.8 Å². The van der Waals surface area contributed by atoms with Gasteiger partial charge in [-0.1, -0.05) is 0 Å². The standard InChI is InChI=1S/C8H14F5NO2/c1-14-3-6(4-15-2)16-5-7(9,10)8(11,12)13/h6,14H,3-5H2,1-2H3. The van der Waals surface area contributed by atoms with E-state index in [0.29, 0.717) is 0 Å². The van der Waals surface area contributed by atoms with Crippen LogP contribution < -0.4 is 5.32 Å². The van der Waals surface area contributed by atoms with Crippen molar-refractivity contribution in [1.29, 1.82) is 0 Å². The Labute approximate surface area is 89.9 Å². The quantitative estimate of drug-likeness (QED) is 0.694. The van der Waals surface area contributed by atoms with E-state index in [1.165, 1.54) is 14.2 Å². The highest BCUT2D eigenvalue weighted by atomic mass is 19.4. The van der Waals surface area contributed by atoms with Gasteiger partial charge in [-0.05, 0) is 7.05 Å². The van der Waals surface area contributed by atoms with Crippen LogP contribution in [0.2, 0.25) is 0 Å². The highest BCUT2D eigenvalue weighted by molar-refractivity contribution is 4.76. The van der Waals surface area contributed by atoms with Gasteiger partial charge in [0, 0.05) is 13.7 Å². The summed E-state index contributed by atoms with van der Waals surface area (Å²) in [7, 11) is 2.82. The molecule has 16 heavy (non-hydrogen) atoms. The van der Waals surface area contributed by atoms with Gasteiger partial charge in [0.2, 0.25) is 0 Å². The first-order valence-corrected chi connectivity index (χ1v) is 4.44. The Bertz CT molecular complexity index is 191. The second kappa shape index (κ2) is 6.31. The summed E-state index contributed by atoms with van der Waals surface area (Å²) in [6.07, 6.45) is -6.44. The van der Waals surface area contributed by atoms with Gasteiger partial charge in [-0.2, -0.15) is 22.0 Å². The smallest absolute Gasteiger partial charge is 0.382 e. The second-order valence-electron chi connectivity index (χ2n) is 3.15. The Morgan fingerprint density at radius 2 is 1.75 bits per heavy atom. The monoisotopic (exact) mass is 251 g/mol. The highest BCUT2D eigenvalue weighted by Crippen LogP contribution is 2.35. The maximum Gasteiger partial charge on any atom is 0.455 e. The number of ether oxygens (including phenoxy) is 2. The molecule has 0 spiro atoms. The van der Waals surface area contributed by atoms with E-state index in [4.69, 9.17) is 0 Å². The van der Waals surface area contributed by atoms with Crippen LogP contribution in [-0.4, -0.2) is 52.1 Å². The summed E-state index contributed by atoms with van der Waals surface area (Å²) in [5, 5.41) is 2.60. The molecule has 0 saturated carbocycles. The summed E-state index contributed by atoms with van der Waals surface area (Å²) in [6.45, 7) is -1.64. The molecular weight excluding hydrogens is 237 g/mol. The number of alkyl halides is 5. The summed E-state index contributed by atoms with van der Waals surface area (Å²) in [5.74, 6) is -4.84. The van der Waals surface area contributed by atoms with E-state index >= 15 is 0 Å². The first-order chi connectivity index (χ1) is 7.24. The molecule has 0 aromatic carbocycles. The molecule has 0 aromatic heterocycles. The number of nitrogens with one attached hydrogen (secondary N) is 1. The van der Waals surface area contributed by atoms with Crippen LogP contribution in [0.3, 0.4) is 0 Å². The van der Waals surface area contributed by atoms with E-state index in [0.717, 1.165) is 0 Å². The SMILES string of the molecule is CNCC(COC)OCC(F)(F)C(F)(F)F. The number of rotatable bonds is 7. The van der Waals surface area contributed by atoms with Crippen molar-refractivity contribution in [2.45, 2.75) is 18.2 Å². The van der Waals surface area contributed by atoms with Gasteiger partial charge >= 0.3 is 12.1 Å². The van der Waals surface area contributed by atoms with Gasteiger partial charge in [0.25, 0.3) is 0 Å². The van der Waals surface area contributed by atoms with Crippen LogP contribution in [0.4, 0.5) is 22.0 Å². The minimum absolute atomic E-state index is 0.0607. The van der Waals surface area contributed by atoms with E-state index in [1.807, 2.05) is 0 Å². The zero-order valence-corrected chi connectivity index (χ0v) is 8.90. The van der Waals surface area contributed by atoms with Crippen molar-refractivity contribution < 1.29 is 31.4 Å². The van der Waals surface area contributed by atoms with Crippen LogP contribution >= 0.6 is 0 Å². The average Bonchev–Trinajstić information content (AvgIpc) is 2.13. The number of hydrogen-bond donors (Lipinski definition) is 1. The van der Waals surface area contributed by atoms with Crippen molar-refractivity contribution in [1.82, 2.24) is 5.32 Å². The van der Waals surface area contributed by atoms with Crippen molar-refractivity contribution >= 4 is 0 Å². The molecule has 0 rings (SSSR count). The van der Waals surface area contributed by atoms with Crippen molar-refractivity contribution in [2.24, 2.45) is 0 Å². The number of methoxy groups -OCH3 is 1. The van der Waals surface area contributed by atoms with Gasteiger partial charge in [0.05, 0.1) is 12.7 Å². The second-order valence-corrected chi connectivity index (χ2v) is 3.15. The Morgan fingerprint density at radius 3 is 2.12 bits per heavy atom. The van der Waals surface area contributed by atoms with Crippen molar-refractivity contribution in [3.63, 3.8) is 0 Å². The lowest BCUT2D eigenvalue weighted by atomic mass is 10.3. The predicted octanol–water partition coefficient (Wildman–Crippen LogP) is 1.44. The molecule has 0 saturated heterocycles. The molecule has 0 fully saturated rings. The maximum atomic E-state index is 12.5. The van der Waals surface area contributed by atoms with E-state index in [-0.39, 0.29) is 13.2 Å². The van der Waals surface area contributed by atoms with Gasteiger partial charge in [0.15, 0.2) is 0 Å². The minimum atomic E-state index is -5.59. The third-order valence-electron chi connectivity index (χ3n) is 1.70. The summed E-state index contributed by atoms with van der Waals surface area (Å²) in [6, 6.07) is 0. The molecule has 0 radical (unpaired) electrons. The number of hydrogen-bond acceptors (Lipinski definition) is 3.